The van der Waals surface area contributed by atoms with Crippen LogP contribution in [0.4, 0.5) is 5.69 Å². The summed E-state index contributed by atoms with van der Waals surface area (Å²) in [5.41, 5.74) is 2.39. The summed E-state index contributed by atoms with van der Waals surface area (Å²) < 4.78 is 0. The zero-order valence-electron chi connectivity index (χ0n) is 15.4. The molecule has 2 heterocycles. The Morgan fingerprint density at radius 1 is 0.963 bits per heavy atom. The third-order valence-corrected chi connectivity index (χ3v) is 4.56. The normalized spacial score (nSPS) is 14.0. The maximum atomic E-state index is 12.7. The number of amides is 3. The monoisotopic (exact) mass is 366 g/mol. The molecule has 0 aliphatic carbocycles. The molecule has 1 aromatic carbocycles. The molecule has 0 spiro atoms. The zero-order chi connectivity index (χ0) is 19.4. The van der Waals surface area contributed by atoms with Gasteiger partial charge in [0.2, 0.25) is 5.91 Å². The van der Waals surface area contributed by atoms with Crippen LogP contribution in [0.25, 0.3) is 0 Å². The highest BCUT2D eigenvalue weighted by molar-refractivity contribution is 6.05. The summed E-state index contributed by atoms with van der Waals surface area (Å²) in [4.78, 5) is 44.0. The van der Waals surface area contributed by atoms with Crippen molar-refractivity contribution in [2.45, 2.75) is 13.8 Å². The van der Waals surface area contributed by atoms with Crippen LogP contribution in [-0.4, -0.2) is 58.7 Å². The van der Waals surface area contributed by atoms with Crippen molar-refractivity contribution < 1.29 is 14.4 Å². The molecule has 3 rings (SSSR count). The molecule has 7 heteroatoms. The van der Waals surface area contributed by atoms with Crippen LogP contribution in [0.5, 0.6) is 0 Å². The number of piperazine rings is 1. The average molecular weight is 366 g/mol. The van der Waals surface area contributed by atoms with E-state index in [1.807, 2.05) is 31.2 Å². The van der Waals surface area contributed by atoms with Crippen LogP contribution in [0.1, 0.15) is 33.3 Å². The van der Waals surface area contributed by atoms with Crippen LogP contribution in [0.3, 0.4) is 0 Å². The van der Waals surface area contributed by atoms with E-state index < -0.39 is 0 Å². The van der Waals surface area contributed by atoms with Gasteiger partial charge in [-0.15, -0.1) is 0 Å². The standard InChI is InChI=1S/C20H22N4O3/c1-14-3-5-17(6-4-14)22-19(26)16-7-8-21-18(13-16)20(27)24-11-9-23(10-12-24)15(2)25/h3-8,13H,9-12H2,1-2H3,(H,22,26). The number of rotatable bonds is 3. The van der Waals surface area contributed by atoms with Crippen LogP contribution in [0, 0.1) is 6.92 Å². The summed E-state index contributed by atoms with van der Waals surface area (Å²) >= 11 is 0. The second-order valence-electron chi connectivity index (χ2n) is 6.55. The maximum absolute atomic E-state index is 12.7. The number of aryl methyl sites for hydroxylation is 1. The Balaban J connectivity index is 1.67. The van der Waals surface area contributed by atoms with Gasteiger partial charge in [-0.2, -0.15) is 0 Å². The van der Waals surface area contributed by atoms with Gasteiger partial charge in [0.1, 0.15) is 5.69 Å². The molecule has 1 aliphatic heterocycles. The first-order valence-electron chi connectivity index (χ1n) is 8.83. The predicted molar refractivity (Wildman–Crippen MR) is 102 cm³/mol. The maximum Gasteiger partial charge on any atom is 0.272 e. The lowest BCUT2D eigenvalue weighted by Crippen LogP contribution is -2.50. The fourth-order valence-electron chi connectivity index (χ4n) is 2.92. The molecule has 3 amide bonds. The van der Waals surface area contributed by atoms with Gasteiger partial charge in [-0.05, 0) is 31.2 Å². The van der Waals surface area contributed by atoms with E-state index in [4.69, 9.17) is 0 Å². The fourth-order valence-corrected chi connectivity index (χ4v) is 2.92. The first kappa shape index (κ1) is 18.6. The number of aromatic nitrogens is 1. The van der Waals surface area contributed by atoms with E-state index in [1.54, 1.807) is 15.9 Å². The number of anilines is 1. The van der Waals surface area contributed by atoms with Crippen molar-refractivity contribution in [3.63, 3.8) is 0 Å². The van der Waals surface area contributed by atoms with Gasteiger partial charge in [-0.25, -0.2) is 0 Å². The van der Waals surface area contributed by atoms with Crippen LogP contribution in [0.15, 0.2) is 42.6 Å². The Labute approximate surface area is 158 Å². The number of nitrogens with one attached hydrogen (secondary N) is 1. The second kappa shape index (κ2) is 7.99. The molecule has 1 N–H and O–H groups in total. The van der Waals surface area contributed by atoms with Gasteiger partial charge in [0.25, 0.3) is 11.8 Å². The van der Waals surface area contributed by atoms with Gasteiger partial charge in [-0.1, -0.05) is 17.7 Å². The Hall–Kier alpha value is -3.22. The predicted octanol–water partition coefficient (Wildman–Crippen LogP) is 1.95. The molecule has 1 aromatic heterocycles. The Bertz CT molecular complexity index is 856. The number of carbonyl (C=O) groups is 3. The van der Waals surface area contributed by atoms with Crippen LogP contribution in [0.2, 0.25) is 0 Å². The number of nitrogens with zero attached hydrogens (tertiary/aromatic N) is 3. The molecule has 1 aliphatic rings. The largest absolute Gasteiger partial charge is 0.339 e. The molecule has 1 saturated heterocycles. The first-order valence-corrected chi connectivity index (χ1v) is 8.83. The summed E-state index contributed by atoms with van der Waals surface area (Å²) in [6, 6.07) is 10.6. The van der Waals surface area contributed by atoms with E-state index in [0.717, 1.165) is 5.56 Å². The van der Waals surface area contributed by atoms with Crippen molar-refractivity contribution in [1.82, 2.24) is 14.8 Å². The second-order valence-corrected chi connectivity index (χ2v) is 6.55. The molecule has 27 heavy (non-hydrogen) atoms. The number of carbonyl (C=O) groups excluding carboxylic acids is 3. The first-order chi connectivity index (χ1) is 12.9. The summed E-state index contributed by atoms with van der Waals surface area (Å²) in [5, 5.41) is 2.81. The van der Waals surface area contributed by atoms with Crippen molar-refractivity contribution in [2.75, 3.05) is 31.5 Å². The van der Waals surface area contributed by atoms with Crippen molar-refractivity contribution >= 4 is 23.4 Å². The van der Waals surface area contributed by atoms with E-state index in [-0.39, 0.29) is 23.4 Å². The third kappa shape index (κ3) is 4.49. The van der Waals surface area contributed by atoms with Crippen LogP contribution in [-0.2, 0) is 4.79 Å². The third-order valence-electron chi connectivity index (χ3n) is 4.56. The molecule has 7 nitrogen and oxygen atoms in total. The molecular weight excluding hydrogens is 344 g/mol. The lowest BCUT2D eigenvalue weighted by atomic mass is 10.1. The molecule has 0 atom stereocenters. The van der Waals surface area contributed by atoms with Gasteiger partial charge in [0.15, 0.2) is 0 Å². The van der Waals surface area contributed by atoms with Gasteiger partial charge < -0.3 is 15.1 Å². The Morgan fingerprint density at radius 3 is 2.22 bits per heavy atom. The quantitative estimate of drug-likeness (QED) is 0.900. The number of hydrogen-bond donors (Lipinski definition) is 1. The van der Waals surface area contributed by atoms with E-state index in [0.29, 0.717) is 37.4 Å². The topological polar surface area (TPSA) is 82.6 Å². The summed E-state index contributed by atoms with van der Waals surface area (Å²) in [7, 11) is 0. The van der Waals surface area contributed by atoms with E-state index in [9.17, 15) is 14.4 Å². The SMILES string of the molecule is CC(=O)N1CCN(C(=O)c2cc(C(=O)Nc3ccc(C)cc3)ccn2)CC1. The van der Waals surface area contributed by atoms with Crippen LogP contribution >= 0.6 is 0 Å². The molecule has 140 valence electrons. The van der Waals surface area contributed by atoms with E-state index in [2.05, 4.69) is 10.3 Å². The molecule has 0 unspecified atom stereocenters. The average Bonchev–Trinajstić information content (AvgIpc) is 2.69. The number of benzene rings is 1. The fraction of sp³-hybridized carbons (Fsp3) is 0.300. The smallest absolute Gasteiger partial charge is 0.272 e. The highest BCUT2D eigenvalue weighted by atomic mass is 16.2. The van der Waals surface area contributed by atoms with Crippen LogP contribution < -0.4 is 5.32 Å². The van der Waals surface area contributed by atoms with Crippen molar-refractivity contribution in [3.05, 3.63) is 59.4 Å². The zero-order valence-corrected chi connectivity index (χ0v) is 15.4. The van der Waals surface area contributed by atoms with Gasteiger partial charge >= 0.3 is 0 Å². The highest BCUT2D eigenvalue weighted by Gasteiger charge is 2.24. The molecule has 0 saturated carbocycles. The minimum Gasteiger partial charge on any atom is -0.339 e. The van der Waals surface area contributed by atoms with Gasteiger partial charge in [0, 0.05) is 50.6 Å². The summed E-state index contributed by atoms with van der Waals surface area (Å²) in [6.07, 6.45) is 1.46. The molecular formula is C20H22N4O3. The summed E-state index contributed by atoms with van der Waals surface area (Å²) in [5.74, 6) is -0.519. The minimum absolute atomic E-state index is 0.00926. The van der Waals surface area contributed by atoms with Crippen molar-refractivity contribution in [2.24, 2.45) is 0 Å². The molecule has 0 radical (unpaired) electrons. The van der Waals surface area contributed by atoms with Crippen molar-refractivity contribution in [1.29, 1.82) is 0 Å². The van der Waals surface area contributed by atoms with Crippen molar-refractivity contribution in [3.8, 4) is 0 Å². The molecule has 1 fully saturated rings. The summed E-state index contributed by atoms with van der Waals surface area (Å²) in [6.45, 7) is 5.43. The van der Waals surface area contributed by atoms with Gasteiger partial charge in [0.05, 0.1) is 0 Å². The van der Waals surface area contributed by atoms with Gasteiger partial charge in [-0.3, -0.25) is 19.4 Å². The highest BCUT2D eigenvalue weighted by Crippen LogP contribution is 2.13. The molecule has 2 aromatic rings. The Morgan fingerprint density at radius 2 is 1.59 bits per heavy atom. The van der Waals surface area contributed by atoms with E-state index >= 15 is 0 Å². The Kier molecular flexibility index (Phi) is 5.49. The molecule has 0 bridgehead atoms. The lowest BCUT2D eigenvalue weighted by molar-refractivity contribution is -0.130. The van der Waals surface area contributed by atoms with E-state index in [1.165, 1.54) is 19.2 Å². The number of pyridine rings is 1. The minimum atomic E-state index is -0.295. The number of hydrogen-bond acceptors (Lipinski definition) is 4. The lowest BCUT2D eigenvalue weighted by Gasteiger charge is -2.34.